The van der Waals surface area contributed by atoms with Crippen LogP contribution in [0.1, 0.15) is 51.0 Å². The van der Waals surface area contributed by atoms with Gasteiger partial charge in [0, 0.05) is 30.8 Å². The van der Waals surface area contributed by atoms with Crippen molar-refractivity contribution in [3.05, 3.63) is 54.1 Å². The molecule has 0 bridgehead atoms. The highest BCUT2D eigenvalue weighted by Gasteiger charge is 2.30. The Hall–Kier alpha value is -3.22. The average molecular weight is 483 g/mol. The number of rotatable bonds is 12. The zero-order valence-corrected chi connectivity index (χ0v) is 21.1. The van der Waals surface area contributed by atoms with Gasteiger partial charge < -0.3 is 24.4 Å². The van der Waals surface area contributed by atoms with Crippen LogP contribution in [0, 0.1) is 0 Å². The second-order valence-electron chi connectivity index (χ2n) is 8.93. The minimum Gasteiger partial charge on any atom is -0.496 e. The molecule has 0 unspecified atom stereocenters. The third-order valence-electron chi connectivity index (χ3n) is 6.51. The van der Waals surface area contributed by atoms with Gasteiger partial charge in [0.2, 0.25) is 5.91 Å². The van der Waals surface area contributed by atoms with Gasteiger partial charge in [-0.2, -0.15) is 0 Å². The van der Waals surface area contributed by atoms with Crippen LogP contribution in [0.5, 0.6) is 17.2 Å². The van der Waals surface area contributed by atoms with Crippen molar-refractivity contribution in [3.8, 4) is 17.2 Å². The number of amides is 2. The van der Waals surface area contributed by atoms with Crippen molar-refractivity contribution in [2.45, 2.75) is 64.0 Å². The molecule has 0 heterocycles. The fourth-order valence-corrected chi connectivity index (χ4v) is 4.53. The normalized spacial score (nSPS) is 14.6. The van der Waals surface area contributed by atoms with E-state index in [1.165, 1.54) is 6.42 Å². The number of benzene rings is 2. The molecule has 1 N–H and O–H groups in total. The van der Waals surface area contributed by atoms with Crippen LogP contribution in [-0.4, -0.2) is 56.2 Å². The Kier molecular flexibility index (Phi) is 10.3. The van der Waals surface area contributed by atoms with E-state index in [0.29, 0.717) is 36.6 Å². The zero-order chi connectivity index (χ0) is 25.0. The molecule has 2 amide bonds. The minimum atomic E-state index is -0.545. The molecule has 3 rings (SSSR count). The Balaban J connectivity index is 1.72. The van der Waals surface area contributed by atoms with Crippen LogP contribution < -0.4 is 19.5 Å². The molecule has 1 saturated carbocycles. The maximum Gasteiger partial charge on any atom is 0.261 e. The smallest absolute Gasteiger partial charge is 0.261 e. The van der Waals surface area contributed by atoms with Crippen LogP contribution in [-0.2, 0) is 16.0 Å². The number of ether oxygens (including phenoxy) is 3. The first kappa shape index (κ1) is 26.4. The van der Waals surface area contributed by atoms with Gasteiger partial charge in [-0.3, -0.25) is 9.59 Å². The summed E-state index contributed by atoms with van der Waals surface area (Å²) < 4.78 is 16.4. The highest BCUT2D eigenvalue weighted by atomic mass is 16.5. The number of hydrogen-bond donors (Lipinski definition) is 1. The van der Waals surface area contributed by atoms with Gasteiger partial charge in [-0.05, 0) is 31.2 Å². The van der Waals surface area contributed by atoms with Crippen molar-refractivity contribution < 1.29 is 23.8 Å². The number of carbonyl (C=O) groups is 2. The molecule has 1 aliphatic rings. The fraction of sp³-hybridized carbons (Fsp3) is 0.500. The van der Waals surface area contributed by atoms with Crippen LogP contribution in [0.2, 0.25) is 0 Å². The van der Waals surface area contributed by atoms with Crippen molar-refractivity contribution in [2.24, 2.45) is 0 Å². The summed E-state index contributed by atoms with van der Waals surface area (Å²) in [6.45, 7) is 2.20. The average Bonchev–Trinajstić information content (AvgIpc) is 2.90. The molecular formula is C28H38N2O5. The molecule has 1 fully saturated rings. The standard InChI is InChI=1S/C28H38N2O5/c1-4-26(28(32)29-22-13-9-6-10-14-22)30(16-15-21-11-7-5-8-12-21)27(31)20-35-25-18-23(33-2)17-24(19-25)34-3/h5,7-8,11-12,17-19,22,26H,4,6,9-10,13-16,20H2,1-3H3,(H,29,32)/t26-/m0/s1. The van der Waals surface area contributed by atoms with E-state index in [1.54, 1.807) is 37.3 Å². The summed E-state index contributed by atoms with van der Waals surface area (Å²) in [5.41, 5.74) is 1.12. The Morgan fingerprint density at radius 1 is 0.971 bits per heavy atom. The van der Waals surface area contributed by atoms with Gasteiger partial charge in [0.1, 0.15) is 23.3 Å². The summed E-state index contributed by atoms with van der Waals surface area (Å²) in [4.78, 5) is 28.3. The van der Waals surface area contributed by atoms with Crippen molar-refractivity contribution in [1.82, 2.24) is 10.2 Å². The molecule has 0 saturated heterocycles. The molecule has 0 radical (unpaired) electrons. The van der Waals surface area contributed by atoms with Crippen molar-refractivity contribution >= 4 is 11.8 Å². The summed E-state index contributed by atoms with van der Waals surface area (Å²) in [7, 11) is 3.12. The van der Waals surface area contributed by atoms with Crippen LogP contribution >= 0.6 is 0 Å². The zero-order valence-electron chi connectivity index (χ0n) is 21.1. The summed E-state index contributed by atoms with van der Waals surface area (Å²) >= 11 is 0. The molecule has 190 valence electrons. The molecule has 35 heavy (non-hydrogen) atoms. The molecule has 7 heteroatoms. The number of nitrogens with one attached hydrogen (secondary N) is 1. The third-order valence-corrected chi connectivity index (χ3v) is 6.51. The maximum atomic E-state index is 13.4. The Morgan fingerprint density at radius 3 is 2.20 bits per heavy atom. The largest absolute Gasteiger partial charge is 0.496 e. The lowest BCUT2D eigenvalue weighted by molar-refractivity contribution is -0.142. The second kappa shape index (κ2) is 13.6. The number of hydrogen-bond acceptors (Lipinski definition) is 5. The molecule has 0 spiro atoms. The predicted octanol–water partition coefficient (Wildman–Crippen LogP) is 4.38. The van der Waals surface area contributed by atoms with E-state index in [9.17, 15) is 9.59 Å². The lowest BCUT2D eigenvalue weighted by Crippen LogP contribution is -2.53. The Morgan fingerprint density at radius 2 is 1.60 bits per heavy atom. The van der Waals surface area contributed by atoms with Crippen molar-refractivity contribution in [3.63, 3.8) is 0 Å². The molecule has 0 aromatic heterocycles. The van der Waals surface area contributed by atoms with E-state index in [-0.39, 0.29) is 24.5 Å². The number of nitrogens with zero attached hydrogens (tertiary/aromatic N) is 1. The lowest BCUT2D eigenvalue weighted by Gasteiger charge is -2.32. The Bertz CT molecular complexity index is 921. The van der Waals surface area contributed by atoms with Crippen molar-refractivity contribution in [2.75, 3.05) is 27.4 Å². The van der Waals surface area contributed by atoms with E-state index in [1.807, 2.05) is 37.3 Å². The minimum absolute atomic E-state index is 0.0798. The summed E-state index contributed by atoms with van der Waals surface area (Å²) in [6, 6.07) is 14.8. The van der Waals surface area contributed by atoms with E-state index < -0.39 is 6.04 Å². The van der Waals surface area contributed by atoms with Gasteiger partial charge in [-0.25, -0.2) is 0 Å². The van der Waals surface area contributed by atoms with Crippen LogP contribution in [0.15, 0.2) is 48.5 Å². The van der Waals surface area contributed by atoms with E-state index >= 15 is 0 Å². The SMILES string of the molecule is CC[C@@H](C(=O)NC1CCCCC1)N(CCc1ccccc1)C(=O)COc1cc(OC)cc(OC)c1. The Labute approximate surface area is 208 Å². The number of carbonyl (C=O) groups excluding carboxylic acids is 2. The van der Waals surface area contributed by atoms with E-state index in [2.05, 4.69) is 5.32 Å². The topological polar surface area (TPSA) is 77.1 Å². The summed E-state index contributed by atoms with van der Waals surface area (Å²) in [5.74, 6) is 1.31. The molecule has 2 aromatic rings. The van der Waals surface area contributed by atoms with E-state index in [4.69, 9.17) is 14.2 Å². The first-order valence-electron chi connectivity index (χ1n) is 12.5. The van der Waals surface area contributed by atoms with Crippen LogP contribution in [0.3, 0.4) is 0 Å². The molecule has 1 atom stereocenters. The van der Waals surface area contributed by atoms with Gasteiger partial charge in [0.05, 0.1) is 14.2 Å². The molecule has 1 aliphatic carbocycles. The van der Waals surface area contributed by atoms with Gasteiger partial charge >= 0.3 is 0 Å². The predicted molar refractivity (Wildman–Crippen MR) is 136 cm³/mol. The van der Waals surface area contributed by atoms with E-state index in [0.717, 1.165) is 31.2 Å². The second-order valence-corrected chi connectivity index (χ2v) is 8.93. The highest BCUT2D eigenvalue weighted by molar-refractivity contribution is 5.88. The number of methoxy groups -OCH3 is 2. The fourth-order valence-electron chi connectivity index (χ4n) is 4.53. The molecule has 0 aliphatic heterocycles. The molecule has 7 nitrogen and oxygen atoms in total. The third kappa shape index (κ3) is 7.91. The van der Waals surface area contributed by atoms with Gasteiger partial charge in [-0.15, -0.1) is 0 Å². The molecular weight excluding hydrogens is 444 g/mol. The van der Waals surface area contributed by atoms with Gasteiger partial charge in [0.25, 0.3) is 5.91 Å². The van der Waals surface area contributed by atoms with Crippen molar-refractivity contribution in [1.29, 1.82) is 0 Å². The maximum absolute atomic E-state index is 13.4. The van der Waals surface area contributed by atoms with Crippen LogP contribution in [0.25, 0.3) is 0 Å². The monoisotopic (exact) mass is 482 g/mol. The first-order chi connectivity index (χ1) is 17.0. The summed E-state index contributed by atoms with van der Waals surface area (Å²) in [6.07, 6.45) is 6.69. The van der Waals surface area contributed by atoms with Gasteiger partial charge in [-0.1, -0.05) is 56.5 Å². The molecule has 2 aromatic carbocycles. The summed E-state index contributed by atoms with van der Waals surface area (Å²) in [5, 5.41) is 3.20. The lowest BCUT2D eigenvalue weighted by atomic mass is 9.95. The highest BCUT2D eigenvalue weighted by Crippen LogP contribution is 2.27. The first-order valence-corrected chi connectivity index (χ1v) is 12.5. The van der Waals surface area contributed by atoms with Crippen LogP contribution in [0.4, 0.5) is 0 Å². The van der Waals surface area contributed by atoms with Gasteiger partial charge in [0.15, 0.2) is 6.61 Å². The quantitative estimate of drug-likeness (QED) is 0.486.